The van der Waals surface area contributed by atoms with E-state index in [-0.39, 0.29) is 18.3 Å². The van der Waals surface area contributed by atoms with Gasteiger partial charge in [-0.15, -0.1) is 0 Å². The molecule has 2 unspecified atom stereocenters. The standard InChI is InChI=1S/C15H25N3O2/c1-5-6-16-14-9-15(18-12(4)17-14)20-13-7-10(2)19-11(3)8-13/h9-11,13H,5-8H2,1-4H3,(H,16,17,18). The van der Waals surface area contributed by atoms with Gasteiger partial charge in [-0.05, 0) is 27.2 Å². The molecular weight excluding hydrogens is 254 g/mol. The lowest BCUT2D eigenvalue weighted by molar-refractivity contribution is -0.0729. The third-order valence-electron chi connectivity index (χ3n) is 3.31. The van der Waals surface area contributed by atoms with Crippen LogP contribution >= 0.6 is 0 Å². The molecule has 1 saturated heterocycles. The molecule has 2 rings (SSSR count). The van der Waals surface area contributed by atoms with E-state index >= 15 is 0 Å². The maximum atomic E-state index is 6.03. The number of nitrogens with zero attached hydrogens (tertiary/aromatic N) is 2. The summed E-state index contributed by atoms with van der Waals surface area (Å²) in [6.07, 6.45) is 3.53. The Morgan fingerprint density at radius 3 is 2.65 bits per heavy atom. The molecule has 0 aliphatic carbocycles. The molecule has 2 heterocycles. The second-order valence-electron chi connectivity index (χ2n) is 5.53. The molecule has 0 radical (unpaired) electrons. The van der Waals surface area contributed by atoms with Crippen molar-refractivity contribution >= 4 is 5.82 Å². The first-order valence-electron chi connectivity index (χ1n) is 7.48. The highest BCUT2D eigenvalue weighted by atomic mass is 16.5. The van der Waals surface area contributed by atoms with Crippen LogP contribution in [0, 0.1) is 6.92 Å². The smallest absolute Gasteiger partial charge is 0.218 e. The molecular formula is C15H25N3O2. The Morgan fingerprint density at radius 2 is 2.00 bits per heavy atom. The minimum atomic E-state index is 0.169. The Balaban J connectivity index is 2.02. The van der Waals surface area contributed by atoms with Crippen molar-refractivity contribution in [3.8, 4) is 5.88 Å². The molecule has 5 nitrogen and oxygen atoms in total. The predicted molar refractivity (Wildman–Crippen MR) is 79.2 cm³/mol. The van der Waals surface area contributed by atoms with Gasteiger partial charge in [-0.25, -0.2) is 4.98 Å². The SMILES string of the molecule is CCCNc1cc(OC2CC(C)OC(C)C2)nc(C)n1. The van der Waals surface area contributed by atoms with Gasteiger partial charge < -0.3 is 14.8 Å². The molecule has 1 aliphatic heterocycles. The van der Waals surface area contributed by atoms with Crippen LogP contribution in [-0.2, 0) is 4.74 Å². The minimum Gasteiger partial charge on any atom is -0.474 e. The van der Waals surface area contributed by atoms with Crippen LogP contribution in [0.5, 0.6) is 5.88 Å². The number of aryl methyl sites for hydroxylation is 1. The van der Waals surface area contributed by atoms with Crippen molar-refractivity contribution in [1.82, 2.24) is 9.97 Å². The zero-order valence-electron chi connectivity index (χ0n) is 12.8. The molecule has 0 saturated carbocycles. The van der Waals surface area contributed by atoms with E-state index in [2.05, 4.69) is 36.1 Å². The maximum absolute atomic E-state index is 6.03. The van der Waals surface area contributed by atoms with Gasteiger partial charge in [0, 0.05) is 25.5 Å². The number of aromatic nitrogens is 2. The molecule has 112 valence electrons. The van der Waals surface area contributed by atoms with Gasteiger partial charge in [-0.3, -0.25) is 0 Å². The van der Waals surface area contributed by atoms with Gasteiger partial charge in [0.25, 0.3) is 0 Å². The van der Waals surface area contributed by atoms with Crippen LogP contribution in [0.1, 0.15) is 45.9 Å². The maximum Gasteiger partial charge on any atom is 0.218 e. The van der Waals surface area contributed by atoms with Crippen molar-refractivity contribution in [2.45, 2.75) is 65.3 Å². The van der Waals surface area contributed by atoms with E-state index in [1.165, 1.54) is 0 Å². The summed E-state index contributed by atoms with van der Waals surface area (Å²) in [7, 11) is 0. The Labute approximate surface area is 121 Å². The highest BCUT2D eigenvalue weighted by molar-refractivity contribution is 5.38. The van der Waals surface area contributed by atoms with Gasteiger partial charge in [-0.1, -0.05) is 6.92 Å². The van der Waals surface area contributed by atoms with Gasteiger partial charge >= 0.3 is 0 Å². The zero-order valence-corrected chi connectivity index (χ0v) is 12.8. The van der Waals surface area contributed by atoms with Crippen molar-refractivity contribution in [3.63, 3.8) is 0 Å². The molecule has 20 heavy (non-hydrogen) atoms. The van der Waals surface area contributed by atoms with Crippen molar-refractivity contribution in [3.05, 3.63) is 11.9 Å². The van der Waals surface area contributed by atoms with E-state index in [1.54, 1.807) is 0 Å². The highest BCUT2D eigenvalue weighted by Gasteiger charge is 2.26. The number of ether oxygens (including phenoxy) is 2. The van der Waals surface area contributed by atoms with Gasteiger partial charge in [-0.2, -0.15) is 4.98 Å². The van der Waals surface area contributed by atoms with Gasteiger partial charge in [0.2, 0.25) is 5.88 Å². The number of hydrogen-bond donors (Lipinski definition) is 1. The van der Waals surface area contributed by atoms with Crippen LogP contribution < -0.4 is 10.1 Å². The van der Waals surface area contributed by atoms with Crippen LogP contribution in [0.3, 0.4) is 0 Å². The van der Waals surface area contributed by atoms with Crippen molar-refractivity contribution in [1.29, 1.82) is 0 Å². The molecule has 0 spiro atoms. The monoisotopic (exact) mass is 279 g/mol. The fraction of sp³-hybridized carbons (Fsp3) is 0.733. The van der Waals surface area contributed by atoms with Crippen LogP contribution in [-0.4, -0.2) is 34.8 Å². The van der Waals surface area contributed by atoms with Crippen molar-refractivity contribution in [2.75, 3.05) is 11.9 Å². The van der Waals surface area contributed by atoms with E-state index < -0.39 is 0 Å². The van der Waals surface area contributed by atoms with E-state index in [4.69, 9.17) is 9.47 Å². The summed E-state index contributed by atoms with van der Waals surface area (Å²) >= 11 is 0. The average Bonchev–Trinajstić information content (AvgIpc) is 2.34. The fourth-order valence-corrected chi connectivity index (χ4v) is 2.56. The molecule has 5 heteroatoms. The summed E-state index contributed by atoms with van der Waals surface area (Å²) in [4.78, 5) is 8.74. The third kappa shape index (κ3) is 4.34. The summed E-state index contributed by atoms with van der Waals surface area (Å²) in [5.74, 6) is 2.22. The fourth-order valence-electron chi connectivity index (χ4n) is 2.56. The van der Waals surface area contributed by atoms with Crippen LogP contribution in [0.4, 0.5) is 5.82 Å². The normalized spacial score (nSPS) is 26.3. The van der Waals surface area contributed by atoms with Crippen LogP contribution in [0.15, 0.2) is 6.07 Å². The molecule has 2 atom stereocenters. The lowest BCUT2D eigenvalue weighted by atomic mass is 10.0. The molecule has 1 N–H and O–H groups in total. The third-order valence-corrected chi connectivity index (χ3v) is 3.31. The van der Waals surface area contributed by atoms with E-state index in [0.29, 0.717) is 5.88 Å². The largest absolute Gasteiger partial charge is 0.474 e. The predicted octanol–water partition coefficient (Wildman–Crippen LogP) is 2.94. The van der Waals surface area contributed by atoms with Crippen LogP contribution in [0.25, 0.3) is 0 Å². The second kappa shape index (κ2) is 6.88. The van der Waals surface area contributed by atoms with Gasteiger partial charge in [0.05, 0.1) is 12.2 Å². The summed E-state index contributed by atoms with van der Waals surface area (Å²) < 4.78 is 11.8. The molecule has 1 aliphatic rings. The topological polar surface area (TPSA) is 56.3 Å². The number of hydrogen-bond acceptors (Lipinski definition) is 5. The Hall–Kier alpha value is -1.36. The summed E-state index contributed by atoms with van der Waals surface area (Å²) in [6, 6.07) is 1.88. The van der Waals surface area contributed by atoms with Crippen LogP contribution in [0.2, 0.25) is 0 Å². The lowest BCUT2D eigenvalue weighted by Crippen LogP contribution is -2.35. The van der Waals surface area contributed by atoms with E-state index in [9.17, 15) is 0 Å². The number of nitrogens with one attached hydrogen (secondary N) is 1. The molecule has 1 fully saturated rings. The first kappa shape index (κ1) is 15.0. The van der Waals surface area contributed by atoms with E-state index in [0.717, 1.165) is 37.4 Å². The Bertz CT molecular complexity index is 429. The number of anilines is 1. The van der Waals surface area contributed by atoms with Crippen molar-refractivity contribution in [2.24, 2.45) is 0 Å². The van der Waals surface area contributed by atoms with Gasteiger partial charge in [0.15, 0.2) is 0 Å². The summed E-state index contributed by atoms with van der Waals surface area (Å²) in [5.41, 5.74) is 0. The molecule has 1 aromatic rings. The Kier molecular flexibility index (Phi) is 5.17. The average molecular weight is 279 g/mol. The summed E-state index contributed by atoms with van der Waals surface area (Å²) in [6.45, 7) is 9.10. The summed E-state index contributed by atoms with van der Waals surface area (Å²) in [5, 5.41) is 3.27. The zero-order chi connectivity index (χ0) is 14.5. The van der Waals surface area contributed by atoms with E-state index in [1.807, 2.05) is 13.0 Å². The van der Waals surface area contributed by atoms with Gasteiger partial charge in [0.1, 0.15) is 17.7 Å². The lowest BCUT2D eigenvalue weighted by Gasteiger charge is -2.32. The molecule has 1 aromatic heterocycles. The number of rotatable bonds is 5. The highest BCUT2D eigenvalue weighted by Crippen LogP contribution is 2.24. The first-order valence-corrected chi connectivity index (χ1v) is 7.48. The minimum absolute atomic E-state index is 0.169. The van der Waals surface area contributed by atoms with Crippen molar-refractivity contribution < 1.29 is 9.47 Å². The molecule has 0 amide bonds. The molecule has 0 aromatic carbocycles. The first-order chi connectivity index (χ1) is 9.56. The quantitative estimate of drug-likeness (QED) is 0.898. The second-order valence-corrected chi connectivity index (χ2v) is 5.53. The Morgan fingerprint density at radius 1 is 1.30 bits per heavy atom. The molecule has 0 bridgehead atoms.